The number of sulfonamides is 1. The average Bonchev–Trinajstić information content (AvgIpc) is 2.46. The van der Waals surface area contributed by atoms with Crippen LogP contribution in [0, 0.1) is 6.92 Å². The van der Waals surface area contributed by atoms with Gasteiger partial charge in [0.15, 0.2) is 0 Å². The third kappa shape index (κ3) is 4.86. The quantitative estimate of drug-likeness (QED) is 0.881. The van der Waals surface area contributed by atoms with E-state index in [1.807, 2.05) is 11.6 Å². The Morgan fingerprint density at radius 2 is 1.78 bits per heavy atom. The van der Waals surface area contributed by atoms with Gasteiger partial charge in [-0.2, -0.15) is 0 Å². The molecule has 0 saturated carbocycles. The molecule has 2 rings (SSSR count). The summed E-state index contributed by atoms with van der Waals surface area (Å²) < 4.78 is 30.8. The SMILES string of the molecule is Cc1ccc(S(=O)(=O)NC(=O)OCc2ccc(Cl)cc2Cl)cc1. The van der Waals surface area contributed by atoms with Crippen LogP contribution in [0.5, 0.6) is 0 Å². The minimum absolute atomic E-state index is 0.0235. The molecule has 0 radical (unpaired) electrons. The first-order valence-corrected chi connectivity index (χ1v) is 8.72. The Hall–Kier alpha value is -1.76. The summed E-state index contributed by atoms with van der Waals surface area (Å²) in [7, 11) is -3.98. The Kier molecular flexibility index (Phi) is 5.51. The minimum atomic E-state index is -3.98. The van der Waals surface area contributed by atoms with Gasteiger partial charge in [-0.05, 0) is 31.2 Å². The number of carbonyl (C=O) groups excluding carboxylic acids is 1. The maximum absolute atomic E-state index is 12.0. The van der Waals surface area contributed by atoms with E-state index in [2.05, 4.69) is 0 Å². The van der Waals surface area contributed by atoms with Gasteiger partial charge in [-0.25, -0.2) is 17.9 Å². The molecule has 2 aromatic rings. The number of rotatable bonds is 4. The van der Waals surface area contributed by atoms with Crippen molar-refractivity contribution in [2.45, 2.75) is 18.4 Å². The number of hydrogen-bond donors (Lipinski definition) is 1. The van der Waals surface area contributed by atoms with Crippen molar-refractivity contribution < 1.29 is 17.9 Å². The van der Waals surface area contributed by atoms with E-state index in [1.165, 1.54) is 18.2 Å². The van der Waals surface area contributed by atoms with Gasteiger partial charge in [0.2, 0.25) is 0 Å². The molecule has 0 fully saturated rings. The van der Waals surface area contributed by atoms with Crippen molar-refractivity contribution in [3.63, 3.8) is 0 Å². The molecule has 0 aromatic heterocycles. The average molecular weight is 374 g/mol. The number of aryl methyl sites for hydroxylation is 1. The zero-order chi connectivity index (χ0) is 17.0. The van der Waals surface area contributed by atoms with Crippen molar-refractivity contribution in [2.75, 3.05) is 0 Å². The fourth-order valence-electron chi connectivity index (χ4n) is 1.70. The Labute approximate surface area is 144 Å². The van der Waals surface area contributed by atoms with Gasteiger partial charge in [-0.15, -0.1) is 0 Å². The summed E-state index contributed by atoms with van der Waals surface area (Å²) in [5.41, 5.74) is 1.42. The summed E-state index contributed by atoms with van der Waals surface area (Å²) >= 11 is 11.7. The molecule has 8 heteroatoms. The zero-order valence-corrected chi connectivity index (χ0v) is 14.4. The van der Waals surface area contributed by atoms with Gasteiger partial charge in [0.05, 0.1) is 4.90 Å². The molecule has 0 atom stereocenters. The summed E-state index contributed by atoms with van der Waals surface area (Å²) in [5.74, 6) is 0. The summed E-state index contributed by atoms with van der Waals surface area (Å²) in [6.45, 7) is 1.65. The lowest BCUT2D eigenvalue weighted by atomic mass is 10.2. The zero-order valence-electron chi connectivity index (χ0n) is 12.0. The lowest BCUT2D eigenvalue weighted by Crippen LogP contribution is -2.31. The highest BCUT2D eigenvalue weighted by Crippen LogP contribution is 2.21. The molecule has 0 unspecified atom stereocenters. The largest absolute Gasteiger partial charge is 0.444 e. The van der Waals surface area contributed by atoms with Crippen LogP contribution in [-0.4, -0.2) is 14.5 Å². The number of hydrogen-bond acceptors (Lipinski definition) is 4. The summed E-state index contributed by atoms with van der Waals surface area (Å²) in [6.07, 6.45) is -1.09. The second kappa shape index (κ2) is 7.21. The Bertz CT molecular complexity index is 820. The van der Waals surface area contributed by atoms with Gasteiger partial charge in [0, 0.05) is 15.6 Å². The number of benzene rings is 2. The van der Waals surface area contributed by atoms with Crippen molar-refractivity contribution in [3.8, 4) is 0 Å². The van der Waals surface area contributed by atoms with Gasteiger partial charge in [-0.1, -0.05) is 47.0 Å². The van der Waals surface area contributed by atoms with E-state index in [-0.39, 0.29) is 11.5 Å². The van der Waals surface area contributed by atoms with Crippen LogP contribution in [0.4, 0.5) is 4.79 Å². The molecule has 0 aliphatic rings. The summed E-state index contributed by atoms with van der Waals surface area (Å²) in [5, 5.41) is 0.775. The van der Waals surface area contributed by atoms with E-state index in [4.69, 9.17) is 27.9 Å². The maximum atomic E-state index is 12.0. The van der Waals surface area contributed by atoms with Crippen molar-refractivity contribution in [3.05, 3.63) is 63.6 Å². The van der Waals surface area contributed by atoms with Crippen LogP contribution in [0.1, 0.15) is 11.1 Å². The normalized spacial score (nSPS) is 11.1. The van der Waals surface area contributed by atoms with Gasteiger partial charge >= 0.3 is 6.09 Å². The summed E-state index contributed by atoms with van der Waals surface area (Å²) in [4.78, 5) is 11.6. The molecular formula is C15H13Cl2NO4S. The van der Waals surface area contributed by atoms with Crippen LogP contribution in [0.3, 0.4) is 0 Å². The van der Waals surface area contributed by atoms with E-state index in [1.54, 1.807) is 24.3 Å². The van der Waals surface area contributed by atoms with Gasteiger partial charge in [-0.3, -0.25) is 0 Å². The highest BCUT2D eigenvalue weighted by Gasteiger charge is 2.18. The molecule has 1 N–H and O–H groups in total. The third-order valence-electron chi connectivity index (χ3n) is 2.92. The number of amides is 1. The number of ether oxygens (including phenoxy) is 1. The molecule has 0 heterocycles. The summed E-state index contributed by atoms with van der Waals surface area (Å²) in [6, 6.07) is 10.8. The van der Waals surface area contributed by atoms with E-state index in [9.17, 15) is 13.2 Å². The second-order valence-electron chi connectivity index (χ2n) is 4.73. The van der Waals surface area contributed by atoms with Crippen LogP contribution >= 0.6 is 23.2 Å². The van der Waals surface area contributed by atoms with Crippen LogP contribution in [0.15, 0.2) is 47.4 Å². The molecule has 23 heavy (non-hydrogen) atoms. The molecule has 0 bridgehead atoms. The molecule has 0 spiro atoms. The van der Waals surface area contributed by atoms with Crippen molar-refractivity contribution in [1.82, 2.24) is 4.72 Å². The van der Waals surface area contributed by atoms with Gasteiger partial charge < -0.3 is 4.74 Å². The minimum Gasteiger partial charge on any atom is -0.444 e. The molecule has 122 valence electrons. The Morgan fingerprint density at radius 3 is 2.39 bits per heavy atom. The molecule has 0 aliphatic carbocycles. The van der Waals surface area contributed by atoms with E-state index >= 15 is 0 Å². The number of nitrogens with one attached hydrogen (secondary N) is 1. The molecular weight excluding hydrogens is 361 g/mol. The van der Waals surface area contributed by atoms with E-state index in [0.29, 0.717) is 15.6 Å². The first kappa shape index (κ1) is 17.6. The lowest BCUT2D eigenvalue weighted by Gasteiger charge is -2.09. The number of halogens is 2. The first-order valence-electron chi connectivity index (χ1n) is 6.48. The fraction of sp³-hybridized carbons (Fsp3) is 0.133. The first-order chi connectivity index (χ1) is 10.8. The molecule has 0 aliphatic heterocycles. The highest BCUT2D eigenvalue weighted by atomic mass is 35.5. The highest BCUT2D eigenvalue weighted by molar-refractivity contribution is 7.90. The molecule has 1 amide bonds. The van der Waals surface area contributed by atoms with Gasteiger partial charge in [0.1, 0.15) is 6.61 Å². The fourth-order valence-corrected chi connectivity index (χ4v) is 3.05. The second-order valence-corrected chi connectivity index (χ2v) is 7.26. The van der Waals surface area contributed by atoms with Gasteiger partial charge in [0.25, 0.3) is 10.0 Å². The molecule has 5 nitrogen and oxygen atoms in total. The lowest BCUT2D eigenvalue weighted by molar-refractivity contribution is 0.146. The van der Waals surface area contributed by atoms with Crippen LogP contribution in [0.25, 0.3) is 0 Å². The number of carbonyl (C=O) groups is 1. The van der Waals surface area contributed by atoms with E-state index in [0.717, 1.165) is 5.56 Å². The van der Waals surface area contributed by atoms with Crippen LogP contribution in [-0.2, 0) is 21.4 Å². The maximum Gasteiger partial charge on any atom is 0.421 e. The van der Waals surface area contributed by atoms with Crippen molar-refractivity contribution in [2.24, 2.45) is 0 Å². The topological polar surface area (TPSA) is 72.5 Å². The smallest absolute Gasteiger partial charge is 0.421 e. The van der Waals surface area contributed by atoms with Crippen molar-refractivity contribution >= 4 is 39.3 Å². The Morgan fingerprint density at radius 1 is 1.13 bits per heavy atom. The molecule has 0 saturated heterocycles. The third-order valence-corrected chi connectivity index (χ3v) is 4.84. The monoisotopic (exact) mass is 373 g/mol. The van der Waals surface area contributed by atoms with Crippen molar-refractivity contribution in [1.29, 1.82) is 0 Å². The predicted octanol–water partition coefficient (Wildman–Crippen LogP) is 3.92. The van der Waals surface area contributed by atoms with Crippen LogP contribution < -0.4 is 4.72 Å². The molecule has 2 aromatic carbocycles. The van der Waals surface area contributed by atoms with E-state index < -0.39 is 16.1 Å². The van der Waals surface area contributed by atoms with Crippen LogP contribution in [0.2, 0.25) is 10.0 Å². The Balaban J connectivity index is 2.00. The predicted molar refractivity (Wildman–Crippen MR) is 88.1 cm³/mol. The standard InChI is InChI=1S/C15H13Cl2NO4S/c1-10-2-6-13(7-3-10)23(20,21)18-15(19)22-9-11-4-5-12(16)8-14(11)17/h2-8H,9H2,1H3,(H,18,19).